The van der Waals surface area contributed by atoms with Crippen LogP contribution in [0.5, 0.6) is 0 Å². The Morgan fingerprint density at radius 1 is 1.30 bits per heavy atom. The summed E-state index contributed by atoms with van der Waals surface area (Å²) in [6.45, 7) is 8.34. The molecule has 0 heterocycles. The standard InChI is InChI=1S/C17H21NO2/c1-16(2)14(17(16,3)4)15(20)18-13-9-5-7-12(11-13)8-6-10-19/h5,7,9,11,14,19H,10H2,1-4H3,(H,18,20). The first kappa shape index (κ1) is 14.6. The van der Waals surface area contributed by atoms with E-state index in [0.717, 1.165) is 11.3 Å². The molecule has 1 amide bonds. The van der Waals surface area contributed by atoms with Crippen molar-refractivity contribution in [1.82, 2.24) is 0 Å². The smallest absolute Gasteiger partial charge is 0.228 e. The van der Waals surface area contributed by atoms with Crippen LogP contribution >= 0.6 is 0 Å². The summed E-state index contributed by atoms with van der Waals surface area (Å²) in [5.74, 6) is 5.53. The summed E-state index contributed by atoms with van der Waals surface area (Å²) in [7, 11) is 0. The van der Waals surface area contributed by atoms with Gasteiger partial charge in [-0.2, -0.15) is 0 Å². The Labute approximate surface area is 120 Å². The third kappa shape index (κ3) is 2.44. The number of carbonyl (C=O) groups excluding carboxylic acids is 1. The van der Waals surface area contributed by atoms with Gasteiger partial charge in [0.15, 0.2) is 0 Å². The highest BCUT2D eigenvalue weighted by Crippen LogP contribution is 2.68. The SMILES string of the molecule is CC1(C)C(C(=O)Nc2cccc(C#CCO)c2)C1(C)C. The largest absolute Gasteiger partial charge is 0.384 e. The number of hydrogen-bond acceptors (Lipinski definition) is 2. The van der Waals surface area contributed by atoms with Gasteiger partial charge in [-0.05, 0) is 29.0 Å². The number of hydrogen-bond donors (Lipinski definition) is 2. The molecule has 1 fully saturated rings. The first-order chi connectivity index (χ1) is 9.30. The van der Waals surface area contributed by atoms with E-state index in [-0.39, 0.29) is 29.3 Å². The molecular weight excluding hydrogens is 250 g/mol. The van der Waals surface area contributed by atoms with Crippen molar-refractivity contribution in [3.8, 4) is 11.8 Å². The fourth-order valence-corrected chi connectivity index (χ4v) is 2.88. The summed E-state index contributed by atoms with van der Waals surface area (Å²) < 4.78 is 0. The van der Waals surface area contributed by atoms with Crippen LogP contribution in [-0.2, 0) is 4.79 Å². The van der Waals surface area contributed by atoms with Crippen molar-refractivity contribution >= 4 is 11.6 Å². The van der Waals surface area contributed by atoms with Crippen molar-refractivity contribution in [2.45, 2.75) is 27.7 Å². The number of rotatable bonds is 2. The zero-order chi connectivity index (χ0) is 15.0. The normalized spacial score (nSPS) is 18.9. The number of anilines is 1. The summed E-state index contributed by atoms with van der Waals surface area (Å²) in [6, 6.07) is 7.37. The fourth-order valence-electron chi connectivity index (χ4n) is 2.88. The van der Waals surface area contributed by atoms with Crippen molar-refractivity contribution in [2.75, 3.05) is 11.9 Å². The number of amides is 1. The van der Waals surface area contributed by atoms with E-state index < -0.39 is 0 Å². The molecule has 2 N–H and O–H groups in total. The van der Waals surface area contributed by atoms with Gasteiger partial charge < -0.3 is 10.4 Å². The van der Waals surface area contributed by atoms with Crippen LogP contribution in [0.1, 0.15) is 33.3 Å². The van der Waals surface area contributed by atoms with Gasteiger partial charge in [-0.15, -0.1) is 0 Å². The fraction of sp³-hybridized carbons (Fsp3) is 0.471. The van der Waals surface area contributed by atoms with Crippen molar-refractivity contribution in [3.63, 3.8) is 0 Å². The predicted molar refractivity (Wildman–Crippen MR) is 80.1 cm³/mol. The minimum atomic E-state index is -0.166. The number of nitrogens with one attached hydrogen (secondary N) is 1. The number of benzene rings is 1. The van der Waals surface area contributed by atoms with Crippen molar-refractivity contribution in [2.24, 2.45) is 16.7 Å². The lowest BCUT2D eigenvalue weighted by Gasteiger charge is -2.06. The summed E-state index contributed by atoms with van der Waals surface area (Å²) in [4.78, 5) is 12.3. The first-order valence-electron chi connectivity index (χ1n) is 6.81. The van der Waals surface area contributed by atoms with E-state index in [4.69, 9.17) is 5.11 Å². The van der Waals surface area contributed by atoms with Gasteiger partial charge in [0.25, 0.3) is 0 Å². The van der Waals surface area contributed by atoms with Crippen molar-refractivity contribution in [3.05, 3.63) is 29.8 Å². The van der Waals surface area contributed by atoms with Crippen molar-refractivity contribution < 1.29 is 9.90 Å². The minimum absolute atomic E-state index is 0.0298. The van der Waals surface area contributed by atoms with E-state index in [9.17, 15) is 4.79 Å². The van der Waals surface area contributed by atoms with Gasteiger partial charge in [0.2, 0.25) is 5.91 Å². The molecule has 0 atom stereocenters. The minimum Gasteiger partial charge on any atom is -0.384 e. The van der Waals surface area contributed by atoms with Gasteiger partial charge in [-0.25, -0.2) is 0 Å². The Balaban J connectivity index is 2.10. The Bertz CT molecular complexity index is 576. The quantitative estimate of drug-likeness (QED) is 0.812. The Morgan fingerprint density at radius 2 is 1.95 bits per heavy atom. The zero-order valence-electron chi connectivity index (χ0n) is 12.4. The maximum atomic E-state index is 12.3. The number of carbonyl (C=O) groups is 1. The van der Waals surface area contributed by atoms with E-state index in [1.807, 2.05) is 24.3 Å². The molecule has 0 aliphatic heterocycles. The Morgan fingerprint density at radius 3 is 2.50 bits per heavy atom. The van der Waals surface area contributed by atoms with Gasteiger partial charge in [0.1, 0.15) is 6.61 Å². The van der Waals surface area contributed by atoms with E-state index in [1.54, 1.807) is 0 Å². The average Bonchev–Trinajstić information content (AvgIpc) is 2.77. The second-order valence-electron chi connectivity index (χ2n) is 6.41. The highest BCUT2D eigenvalue weighted by atomic mass is 16.2. The molecule has 106 valence electrons. The molecule has 1 aromatic carbocycles. The van der Waals surface area contributed by atoms with Gasteiger partial charge >= 0.3 is 0 Å². The number of aliphatic hydroxyl groups excluding tert-OH is 1. The molecule has 3 nitrogen and oxygen atoms in total. The van der Waals surface area contributed by atoms with Gasteiger partial charge in [0.05, 0.1) is 0 Å². The van der Waals surface area contributed by atoms with Crippen LogP contribution in [0.2, 0.25) is 0 Å². The summed E-state index contributed by atoms with van der Waals surface area (Å²) in [5, 5.41) is 11.7. The molecule has 1 saturated carbocycles. The van der Waals surface area contributed by atoms with Crippen LogP contribution in [0.25, 0.3) is 0 Å². The van der Waals surface area contributed by atoms with Gasteiger partial charge in [-0.1, -0.05) is 45.6 Å². The molecule has 0 spiro atoms. The van der Waals surface area contributed by atoms with Crippen LogP contribution in [-0.4, -0.2) is 17.6 Å². The van der Waals surface area contributed by atoms with E-state index in [1.165, 1.54) is 0 Å². The zero-order valence-corrected chi connectivity index (χ0v) is 12.4. The number of aliphatic hydroxyl groups is 1. The molecule has 1 aliphatic rings. The first-order valence-corrected chi connectivity index (χ1v) is 6.81. The highest BCUT2D eigenvalue weighted by Gasteiger charge is 2.68. The molecule has 0 aromatic heterocycles. The summed E-state index contributed by atoms with van der Waals surface area (Å²) in [6.07, 6.45) is 0. The topological polar surface area (TPSA) is 49.3 Å². The Kier molecular flexibility index (Phi) is 3.62. The highest BCUT2D eigenvalue weighted by molar-refractivity contribution is 5.96. The molecule has 1 aliphatic carbocycles. The lowest BCUT2D eigenvalue weighted by atomic mass is 10.0. The molecule has 0 radical (unpaired) electrons. The van der Waals surface area contributed by atoms with E-state index >= 15 is 0 Å². The van der Waals surface area contributed by atoms with Crippen LogP contribution < -0.4 is 5.32 Å². The third-order valence-corrected chi connectivity index (χ3v) is 4.72. The average molecular weight is 271 g/mol. The molecule has 3 heteroatoms. The lowest BCUT2D eigenvalue weighted by Crippen LogP contribution is -2.17. The lowest BCUT2D eigenvalue weighted by molar-refractivity contribution is -0.118. The summed E-state index contributed by atoms with van der Waals surface area (Å²) in [5.41, 5.74) is 1.60. The summed E-state index contributed by atoms with van der Waals surface area (Å²) >= 11 is 0. The maximum absolute atomic E-state index is 12.3. The predicted octanol–water partition coefficient (Wildman–Crippen LogP) is 2.65. The van der Waals surface area contributed by atoms with Crippen LogP contribution in [0.4, 0.5) is 5.69 Å². The van der Waals surface area contributed by atoms with Gasteiger partial charge in [-0.3, -0.25) is 4.79 Å². The van der Waals surface area contributed by atoms with Crippen LogP contribution in [0, 0.1) is 28.6 Å². The molecule has 1 aromatic rings. The molecule has 20 heavy (non-hydrogen) atoms. The van der Waals surface area contributed by atoms with Crippen LogP contribution in [0.3, 0.4) is 0 Å². The second kappa shape index (κ2) is 4.96. The Hall–Kier alpha value is -1.79. The molecule has 2 rings (SSSR count). The van der Waals surface area contributed by atoms with Crippen LogP contribution in [0.15, 0.2) is 24.3 Å². The molecular formula is C17H21NO2. The maximum Gasteiger partial charge on any atom is 0.228 e. The molecule has 0 saturated heterocycles. The third-order valence-electron chi connectivity index (χ3n) is 4.72. The molecule has 0 unspecified atom stereocenters. The molecule has 0 bridgehead atoms. The van der Waals surface area contributed by atoms with E-state index in [0.29, 0.717) is 0 Å². The monoisotopic (exact) mass is 271 g/mol. The van der Waals surface area contributed by atoms with Crippen molar-refractivity contribution in [1.29, 1.82) is 0 Å². The van der Waals surface area contributed by atoms with E-state index in [2.05, 4.69) is 44.9 Å². The van der Waals surface area contributed by atoms with Gasteiger partial charge in [0, 0.05) is 17.2 Å². The second-order valence-corrected chi connectivity index (χ2v) is 6.41.